The molecule has 0 aliphatic rings. The van der Waals surface area contributed by atoms with Gasteiger partial charge in [0, 0.05) is 52.4 Å². The maximum atomic E-state index is 5.13. The molecule has 0 N–H and O–H groups in total. The largest absolute Gasteiger partial charge is 0.309 e. The highest BCUT2D eigenvalue weighted by molar-refractivity contribution is 6.10. The van der Waals surface area contributed by atoms with E-state index in [2.05, 4.69) is 148 Å². The molecule has 4 nitrogen and oxygen atoms in total. The molecule has 0 radical (unpaired) electrons. The molecule has 0 saturated heterocycles. The van der Waals surface area contributed by atoms with Crippen LogP contribution >= 0.6 is 0 Å². The Kier molecular flexibility index (Phi) is 6.43. The van der Waals surface area contributed by atoms with Gasteiger partial charge < -0.3 is 4.57 Å². The Morgan fingerprint density at radius 2 is 1.00 bits per heavy atom. The van der Waals surface area contributed by atoms with Crippen molar-refractivity contribution in [2.24, 2.45) is 0 Å². The number of nitrogens with zero attached hydrogens (tertiary/aromatic N) is 4. The molecule has 0 fully saturated rings. The van der Waals surface area contributed by atoms with E-state index in [0.717, 1.165) is 66.9 Å². The lowest BCUT2D eigenvalue weighted by Gasteiger charge is -2.12. The van der Waals surface area contributed by atoms with E-state index in [0.29, 0.717) is 0 Å². The Bertz CT molecular complexity index is 2550. The molecule has 220 valence electrons. The van der Waals surface area contributed by atoms with Crippen molar-refractivity contribution in [2.75, 3.05) is 0 Å². The third-order valence-electron chi connectivity index (χ3n) is 8.98. The van der Waals surface area contributed by atoms with Crippen LogP contribution in [0.4, 0.5) is 0 Å². The van der Waals surface area contributed by atoms with Gasteiger partial charge in [0.1, 0.15) is 0 Å². The van der Waals surface area contributed by atoms with Crippen LogP contribution in [0.2, 0.25) is 0 Å². The first-order chi connectivity index (χ1) is 23.3. The normalized spacial score (nSPS) is 11.4. The molecule has 5 aromatic carbocycles. The highest BCUT2D eigenvalue weighted by Gasteiger charge is 2.14. The lowest BCUT2D eigenvalue weighted by molar-refractivity contribution is 1.17. The van der Waals surface area contributed by atoms with E-state index < -0.39 is 0 Å². The predicted octanol–water partition coefficient (Wildman–Crippen LogP) is 10.8. The van der Waals surface area contributed by atoms with E-state index in [9.17, 15) is 0 Å². The molecule has 47 heavy (non-hydrogen) atoms. The Balaban J connectivity index is 1.13. The third kappa shape index (κ3) is 4.84. The average Bonchev–Trinajstić information content (AvgIpc) is 3.49. The van der Waals surface area contributed by atoms with Gasteiger partial charge in [-0.1, -0.05) is 84.9 Å². The van der Waals surface area contributed by atoms with Gasteiger partial charge in [-0.05, 0) is 93.7 Å². The molecular formula is C43H28N4. The second-order valence-electron chi connectivity index (χ2n) is 11.8. The van der Waals surface area contributed by atoms with Crippen molar-refractivity contribution >= 4 is 32.6 Å². The number of rotatable bonds is 5. The number of aromatic nitrogens is 4. The molecule has 4 aromatic heterocycles. The molecule has 0 aliphatic heterocycles. The molecule has 0 amide bonds. The van der Waals surface area contributed by atoms with Crippen LogP contribution in [-0.4, -0.2) is 19.5 Å². The number of hydrogen-bond acceptors (Lipinski definition) is 3. The van der Waals surface area contributed by atoms with Gasteiger partial charge in [0.05, 0.1) is 22.4 Å². The Morgan fingerprint density at radius 1 is 0.383 bits per heavy atom. The van der Waals surface area contributed by atoms with E-state index in [4.69, 9.17) is 4.98 Å². The average molecular weight is 601 g/mol. The van der Waals surface area contributed by atoms with Crippen LogP contribution in [0.5, 0.6) is 0 Å². The number of pyridine rings is 3. The summed E-state index contributed by atoms with van der Waals surface area (Å²) in [5.74, 6) is 0. The minimum atomic E-state index is 0.922. The monoisotopic (exact) mass is 600 g/mol. The molecule has 9 aromatic rings. The van der Waals surface area contributed by atoms with Gasteiger partial charge in [-0.25, -0.2) is 4.98 Å². The summed E-state index contributed by atoms with van der Waals surface area (Å²) in [7, 11) is 0. The molecule has 4 heteroatoms. The lowest BCUT2D eigenvalue weighted by atomic mass is 9.97. The number of fused-ring (bicyclic) bond motifs is 4. The number of benzene rings is 5. The van der Waals surface area contributed by atoms with Gasteiger partial charge in [0.15, 0.2) is 0 Å². The molecule has 9 rings (SSSR count). The van der Waals surface area contributed by atoms with Crippen LogP contribution in [0, 0.1) is 0 Å². The van der Waals surface area contributed by atoms with Crippen molar-refractivity contribution in [3.63, 3.8) is 0 Å². The van der Waals surface area contributed by atoms with E-state index in [1.54, 1.807) is 0 Å². The minimum absolute atomic E-state index is 0.922. The molecule has 0 aliphatic carbocycles. The first-order valence-electron chi connectivity index (χ1n) is 15.7. The zero-order valence-corrected chi connectivity index (χ0v) is 25.5. The molecule has 4 heterocycles. The van der Waals surface area contributed by atoms with Crippen LogP contribution in [0.1, 0.15) is 0 Å². The van der Waals surface area contributed by atoms with E-state index >= 15 is 0 Å². The van der Waals surface area contributed by atoms with Gasteiger partial charge in [-0.15, -0.1) is 0 Å². The smallest absolute Gasteiger partial charge is 0.0716 e. The summed E-state index contributed by atoms with van der Waals surface area (Å²) < 4.78 is 2.31. The fraction of sp³-hybridized carbons (Fsp3) is 0. The van der Waals surface area contributed by atoms with Crippen molar-refractivity contribution in [3.05, 3.63) is 170 Å². The third-order valence-corrected chi connectivity index (χ3v) is 8.98. The van der Waals surface area contributed by atoms with Crippen molar-refractivity contribution in [1.82, 2.24) is 19.5 Å². The second-order valence-corrected chi connectivity index (χ2v) is 11.8. The number of para-hydroxylation sites is 1. The number of hydrogen-bond donors (Lipinski definition) is 0. The fourth-order valence-corrected chi connectivity index (χ4v) is 6.62. The van der Waals surface area contributed by atoms with Gasteiger partial charge in [-0.2, -0.15) is 0 Å². The van der Waals surface area contributed by atoms with Crippen LogP contribution in [0.25, 0.3) is 83.0 Å². The van der Waals surface area contributed by atoms with Crippen molar-refractivity contribution in [3.8, 4) is 50.5 Å². The summed E-state index contributed by atoms with van der Waals surface area (Å²) in [6.45, 7) is 0. The topological polar surface area (TPSA) is 43.6 Å². The molecule has 0 atom stereocenters. The zero-order chi connectivity index (χ0) is 31.2. The van der Waals surface area contributed by atoms with Crippen LogP contribution in [-0.2, 0) is 0 Å². The molecule has 0 bridgehead atoms. The summed E-state index contributed by atoms with van der Waals surface area (Å²) in [6.07, 6.45) is 7.47. The summed E-state index contributed by atoms with van der Waals surface area (Å²) in [5.41, 5.74) is 12.0. The Hall–Kier alpha value is -6.39. The van der Waals surface area contributed by atoms with Crippen LogP contribution in [0.3, 0.4) is 0 Å². The van der Waals surface area contributed by atoms with E-state index in [1.807, 2.05) is 36.9 Å². The highest BCUT2D eigenvalue weighted by Crippen LogP contribution is 2.36. The summed E-state index contributed by atoms with van der Waals surface area (Å²) in [4.78, 5) is 13.8. The first kappa shape index (κ1) is 27.0. The molecule has 0 saturated carbocycles. The van der Waals surface area contributed by atoms with Crippen LogP contribution < -0.4 is 0 Å². The summed E-state index contributed by atoms with van der Waals surface area (Å²) in [6, 6.07) is 51.6. The maximum Gasteiger partial charge on any atom is 0.0716 e. The van der Waals surface area contributed by atoms with Crippen molar-refractivity contribution in [2.45, 2.75) is 0 Å². The van der Waals surface area contributed by atoms with Gasteiger partial charge >= 0.3 is 0 Å². The second kappa shape index (κ2) is 11.2. The lowest BCUT2D eigenvalue weighted by Crippen LogP contribution is -1.93. The van der Waals surface area contributed by atoms with E-state index in [-0.39, 0.29) is 0 Å². The maximum absolute atomic E-state index is 5.13. The van der Waals surface area contributed by atoms with Crippen LogP contribution in [0.15, 0.2) is 170 Å². The highest BCUT2D eigenvalue weighted by atomic mass is 15.0. The minimum Gasteiger partial charge on any atom is -0.309 e. The predicted molar refractivity (Wildman–Crippen MR) is 193 cm³/mol. The van der Waals surface area contributed by atoms with Gasteiger partial charge in [0.25, 0.3) is 0 Å². The quantitative estimate of drug-likeness (QED) is 0.197. The summed E-state index contributed by atoms with van der Waals surface area (Å²) >= 11 is 0. The molecule has 0 spiro atoms. The van der Waals surface area contributed by atoms with Crippen molar-refractivity contribution < 1.29 is 0 Å². The van der Waals surface area contributed by atoms with Gasteiger partial charge in [-0.3, -0.25) is 9.97 Å². The SMILES string of the molecule is c1ccc(-n2c3ccncc3c3cc(-c4ccc(-c5cc(-c6ccc7ccccc7c6)cc(-c6ccncc6)n5)cc4)ccc32)cc1. The van der Waals surface area contributed by atoms with Gasteiger partial charge in [0.2, 0.25) is 0 Å². The first-order valence-corrected chi connectivity index (χ1v) is 15.7. The zero-order valence-electron chi connectivity index (χ0n) is 25.5. The van der Waals surface area contributed by atoms with Crippen molar-refractivity contribution in [1.29, 1.82) is 0 Å². The molecular weight excluding hydrogens is 573 g/mol. The Labute approximate surface area is 272 Å². The van der Waals surface area contributed by atoms with E-state index in [1.165, 1.54) is 16.2 Å². The molecule has 0 unspecified atom stereocenters. The Morgan fingerprint density at radius 3 is 1.81 bits per heavy atom. The fourth-order valence-electron chi connectivity index (χ4n) is 6.62. The summed E-state index contributed by atoms with van der Waals surface area (Å²) in [5, 5.41) is 4.78. The standard InChI is InChI=1S/C43H28N4/c1-2-8-37(9-3-1)47-42-17-16-35(25-38(42)39-28-45-23-20-43(39)47)30-10-13-31(14-11-30)40-26-36(27-41(46-40)32-18-21-44-22-19-32)34-15-12-29-6-4-5-7-33(29)24-34/h1-28H.